The number of H-pyrrole nitrogens is 1. The molecule has 0 saturated heterocycles. The number of methoxy groups -OCH3 is 1. The number of hydrogen-bond donors (Lipinski definition) is 1. The molecular formula is C9H11N3O2. The number of nitrogens with zero attached hydrogens (tertiary/aromatic N) is 2. The molecule has 0 aromatic carbocycles. The third-order valence-electron chi connectivity index (χ3n) is 2.00. The van der Waals surface area contributed by atoms with Crippen LogP contribution in [0.25, 0.3) is 0 Å². The van der Waals surface area contributed by atoms with E-state index < -0.39 is 11.2 Å². The summed E-state index contributed by atoms with van der Waals surface area (Å²) in [6, 6.07) is 1.74. The van der Waals surface area contributed by atoms with Gasteiger partial charge >= 0.3 is 0 Å². The summed E-state index contributed by atoms with van der Waals surface area (Å²) in [5, 5.41) is 8.53. The molecule has 0 aliphatic heterocycles. The predicted molar refractivity (Wildman–Crippen MR) is 49.6 cm³/mol. The van der Waals surface area contributed by atoms with E-state index in [-0.39, 0.29) is 5.56 Å². The molecule has 0 atom stereocenters. The Morgan fingerprint density at radius 2 is 2.29 bits per heavy atom. The average molecular weight is 193 g/mol. The van der Waals surface area contributed by atoms with Crippen molar-refractivity contribution in [3.05, 3.63) is 27.9 Å². The number of rotatable bonds is 2. The van der Waals surface area contributed by atoms with Gasteiger partial charge in [0.25, 0.3) is 5.56 Å². The van der Waals surface area contributed by atoms with Gasteiger partial charge < -0.3 is 9.72 Å². The second-order valence-corrected chi connectivity index (χ2v) is 3.30. The van der Waals surface area contributed by atoms with Gasteiger partial charge in [-0.15, -0.1) is 0 Å². The van der Waals surface area contributed by atoms with Crippen LogP contribution in [0.3, 0.4) is 0 Å². The Bertz CT molecular complexity index is 428. The minimum Gasteiger partial charge on any atom is -0.371 e. The van der Waals surface area contributed by atoms with Gasteiger partial charge in [-0.25, -0.2) is 4.98 Å². The zero-order valence-electron chi connectivity index (χ0n) is 8.29. The Morgan fingerprint density at radius 1 is 1.64 bits per heavy atom. The maximum absolute atomic E-state index is 11.3. The van der Waals surface area contributed by atoms with Crippen LogP contribution in [-0.4, -0.2) is 17.1 Å². The lowest BCUT2D eigenvalue weighted by molar-refractivity contribution is 0.0112. The van der Waals surface area contributed by atoms with Gasteiger partial charge in [0.15, 0.2) is 0 Å². The minimum atomic E-state index is -0.660. The number of nitrogens with one attached hydrogen (secondary N) is 1. The van der Waals surface area contributed by atoms with Crippen LogP contribution in [0, 0.1) is 11.3 Å². The number of aromatic nitrogens is 2. The molecule has 14 heavy (non-hydrogen) atoms. The van der Waals surface area contributed by atoms with Gasteiger partial charge in [-0.3, -0.25) is 4.79 Å². The molecule has 0 unspecified atom stereocenters. The lowest BCUT2D eigenvalue weighted by atomic mass is 10.1. The fraction of sp³-hybridized carbons (Fsp3) is 0.444. The molecule has 74 valence electrons. The molecule has 1 aromatic rings. The summed E-state index contributed by atoms with van der Waals surface area (Å²) in [5.41, 5.74) is -1.10. The summed E-state index contributed by atoms with van der Waals surface area (Å²) in [6.45, 7) is 3.55. The highest BCUT2D eigenvalue weighted by molar-refractivity contribution is 5.22. The fourth-order valence-corrected chi connectivity index (χ4v) is 0.877. The maximum atomic E-state index is 11.3. The Kier molecular flexibility index (Phi) is 2.68. The quantitative estimate of drug-likeness (QED) is 0.742. The lowest BCUT2D eigenvalue weighted by Gasteiger charge is -2.20. The first-order chi connectivity index (χ1) is 6.51. The van der Waals surface area contributed by atoms with Crippen molar-refractivity contribution >= 4 is 0 Å². The summed E-state index contributed by atoms with van der Waals surface area (Å²) < 4.78 is 5.14. The molecule has 0 saturated carbocycles. The molecule has 5 heteroatoms. The number of aromatic amines is 1. The zero-order valence-corrected chi connectivity index (χ0v) is 8.29. The molecule has 0 amide bonds. The Hall–Kier alpha value is -1.67. The van der Waals surface area contributed by atoms with E-state index in [0.29, 0.717) is 5.82 Å². The summed E-state index contributed by atoms with van der Waals surface area (Å²) in [4.78, 5) is 17.7. The van der Waals surface area contributed by atoms with Crippen LogP contribution in [0.15, 0.2) is 11.0 Å². The molecule has 5 nitrogen and oxygen atoms in total. The Labute approximate surface area is 81.4 Å². The van der Waals surface area contributed by atoms with Crippen molar-refractivity contribution < 1.29 is 4.74 Å². The van der Waals surface area contributed by atoms with Crippen LogP contribution in [0.2, 0.25) is 0 Å². The second-order valence-electron chi connectivity index (χ2n) is 3.30. The lowest BCUT2D eigenvalue weighted by Crippen LogP contribution is -2.27. The molecule has 0 fully saturated rings. The van der Waals surface area contributed by atoms with Gasteiger partial charge in [0.05, 0.1) is 6.20 Å². The molecule has 1 heterocycles. The van der Waals surface area contributed by atoms with Gasteiger partial charge in [0.2, 0.25) is 0 Å². The second kappa shape index (κ2) is 3.60. The average Bonchev–Trinajstić information content (AvgIpc) is 2.17. The highest BCUT2D eigenvalue weighted by Gasteiger charge is 2.22. The molecule has 0 aliphatic rings. The van der Waals surface area contributed by atoms with E-state index in [4.69, 9.17) is 10.00 Å². The van der Waals surface area contributed by atoms with Crippen molar-refractivity contribution in [2.24, 2.45) is 0 Å². The largest absolute Gasteiger partial charge is 0.371 e. The van der Waals surface area contributed by atoms with E-state index in [1.54, 1.807) is 19.9 Å². The van der Waals surface area contributed by atoms with E-state index in [2.05, 4.69) is 9.97 Å². The SMILES string of the molecule is COC(C)(C)c1ncc(C#N)c(=O)[nH]1. The van der Waals surface area contributed by atoms with E-state index in [1.165, 1.54) is 13.3 Å². The van der Waals surface area contributed by atoms with Gasteiger partial charge in [0.1, 0.15) is 23.1 Å². The van der Waals surface area contributed by atoms with Crippen LogP contribution >= 0.6 is 0 Å². The monoisotopic (exact) mass is 193 g/mol. The maximum Gasteiger partial charge on any atom is 0.268 e. The normalized spacial score (nSPS) is 11.0. The smallest absolute Gasteiger partial charge is 0.268 e. The molecule has 1 rings (SSSR count). The van der Waals surface area contributed by atoms with Gasteiger partial charge in [-0.1, -0.05) is 0 Å². The van der Waals surface area contributed by atoms with Crippen LogP contribution in [0.1, 0.15) is 25.2 Å². The number of nitriles is 1. The van der Waals surface area contributed by atoms with Crippen molar-refractivity contribution in [1.29, 1.82) is 5.26 Å². The summed E-state index contributed by atoms with van der Waals surface area (Å²) in [7, 11) is 1.53. The zero-order chi connectivity index (χ0) is 10.8. The van der Waals surface area contributed by atoms with E-state index in [1.807, 2.05) is 0 Å². The third-order valence-corrected chi connectivity index (χ3v) is 2.00. The van der Waals surface area contributed by atoms with Crippen molar-refractivity contribution in [2.75, 3.05) is 7.11 Å². The Morgan fingerprint density at radius 3 is 2.71 bits per heavy atom. The van der Waals surface area contributed by atoms with E-state index >= 15 is 0 Å². The van der Waals surface area contributed by atoms with E-state index in [9.17, 15) is 4.79 Å². The van der Waals surface area contributed by atoms with Gasteiger partial charge in [-0.2, -0.15) is 5.26 Å². The van der Waals surface area contributed by atoms with Crippen molar-refractivity contribution in [1.82, 2.24) is 9.97 Å². The first kappa shape index (κ1) is 10.4. The summed E-state index contributed by atoms with van der Waals surface area (Å²) in [5.74, 6) is 0.406. The van der Waals surface area contributed by atoms with Gasteiger partial charge in [0, 0.05) is 7.11 Å². The van der Waals surface area contributed by atoms with Crippen molar-refractivity contribution in [3.63, 3.8) is 0 Å². The highest BCUT2D eigenvalue weighted by atomic mass is 16.5. The predicted octanol–water partition coefficient (Wildman–Crippen LogP) is 0.523. The van der Waals surface area contributed by atoms with Crippen LogP contribution in [-0.2, 0) is 10.3 Å². The topological polar surface area (TPSA) is 78.8 Å². The first-order valence-corrected chi connectivity index (χ1v) is 4.06. The van der Waals surface area contributed by atoms with Crippen LogP contribution < -0.4 is 5.56 Å². The Balaban J connectivity index is 3.24. The molecule has 1 N–H and O–H groups in total. The molecule has 0 aliphatic carbocycles. The summed E-state index contributed by atoms with van der Waals surface area (Å²) >= 11 is 0. The van der Waals surface area contributed by atoms with E-state index in [0.717, 1.165) is 0 Å². The third kappa shape index (κ3) is 1.80. The van der Waals surface area contributed by atoms with Gasteiger partial charge in [-0.05, 0) is 13.8 Å². The first-order valence-electron chi connectivity index (χ1n) is 4.06. The van der Waals surface area contributed by atoms with Crippen molar-refractivity contribution in [3.8, 4) is 6.07 Å². The standard InChI is InChI=1S/C9H11N3O2/c1-9(2,14-3)8-11-5-6(4-10)7(13)12-8/h5H,1-3H3,(H,11,12,13). The molecular weight excluding hydrogens is 182 g/mol. The molecule has 0 spiro atoms. The summed E-state index contributed by atoms with van der Waals surface area (Å²) in [6.07, 6.45) is 1.24. The number of hydrogen-bond acceptors (Lipinski definition) is 4. The molecule has 1 aromatic heterocycles. The molecule has 0 bridgehead atoms. The number of ether oxygens (including phenoxy) is 1. The fourth-order valence-electron chi connectivity index (χ4n) is 0.877. The van der Waals surface area contributed by atoms with Crippen molar-refractivity contribution in [2.45, 2.75) is 19.4 Å². The van der Waals surface area contributed by atoms with Crippen LogP contribution in [0.4, 0.5) is 0 Å². The minimum absolute atomic E-state index is 0.000605. The molecule has 0 radical (unpaired) electrons. The highest BCUT2D eigenvalue weighted by Crippen LogP contribution is 2.17. The van der Waals surface area contributed by atoms with Crippen LogP contribution in [0.5, 0.6) is 0 Å².